The van der Waals surface area contributed by atoms with E-state index in [2.05, 4.69) is 26.0 Å². The van der Waals surface area contributed by atoms with Crippen LogP contribution >= 0.6 is 15.9 Å². The van der Waals surface area contributed by atoms with Crippen molar-refractivity contribution in [3.05, 3.63) is 28.2 Å². The maximum absolute atomic E-state index is 11.6. The van der Waals surface area contributed by atoms with Gasteiger partial charge in [0, 0.05) is 24.3 Å². The lowest BCUT2D eigenvalue weighted by Gasteiger charge is -2.12. The molecule has 0 radical (unpaired) electrons. The summed E-state index contributed by atoms with van der Waals surface area (Å²) in [4.78, 5) is 11.6. The number of nitrogens with zero attached hydrogens (tertiary/aromatic N) is 1. The van der Waals surface area contributed by atoms with Crippen molar-refractivity contribution in [3.8, 4) is 0 Å². The molecule has 0 aliphatic carbocycles. The second-order valence-electron chi connectivity index (χ2n) is 4.12. The van der Waals surface area contributed by atoms with Crippen molar-refractivity contribution in [3.63, 3.8) is 0 Å². The standard InChI is InChI=1S/C11H16BrN3O3S/c1-8-6-9(4-5-10(8)12)14-11(16)7-13-19(17,18)15(2)3/h4-6,13H,7H2,1-3H3,(H,14,16). The fourth-order valence-electron chi connectivity index (χ4n) is 1.21. The van der Waals surface area contributed by atoms with Crippen molar-refractivity contribution >= 4 is 37.7 Å². The topological polar surface area (TPSA) is 78.5 Å². The second kappa shape index (κ2) is 6.47. The van der Waals surface area contributed by atoms with Crippen LogP contribution in [0.25, 0.3) is 0 Å². The largest absolute Gasteiger partial charge is 0.325 e. The van der Waals surface area contributed by atoms with Crippen LogP contribution in [0.3, 0.4) is 0 Å². The normalized spacial score (nSPS) is 11.6. The average molecular weight is 350 g/mol. The van der Waals surface area contributed by atoms with Gasteiger partial charge in [-0.25, -0.2) is 0 Å². The molecular weight excluding hydrogens is 334 g/mol. The van der Waals surface area contributed by atoms with Crippen LogP contribution in [-0.2, 0) is 15.0 Å². The predicted molar refractivity (Wildman–Crippen MR) is 78.1 cm³/mol. The van der Waals surface area contributed by atoms with Crippen LogP contribution in [0, 0.1) is 6.92 Å². The molecule has 19 heavy (non-hydrogen) atoms. The third-order valence-electron chi connectivity index (χ3n) is 2.34. The van der Waals surface area contributed by atoms with Gasteiger partial charge in [0.15, 0.2) is 0 Å². The van der Waals surface area contributed by atoms with Gasteiger partial charge in [-0.1, -0.05) is 15.9 Å². The molecule has 0 aromatic heterocycles. The Morgan fingerprint density at radius 2 is 2.00 bits per heavy atom. The quantitative estimate of drug-likeness (QED) is 0.835. The smallest absolute Gasteiger partial charge is 0.279 e. The van der Waals surface area contributed by atoms with E-state index in [4.69, 9.17) is 0 Å². The number of aryl methyl sites for hydroxylation is 1. The number of carbonyl (C=O) groups excluding carboxylic acids is 1. The highest BCUT2D eigenvalue weighted by atomic mass is 79.9. The van der Waals surface area contributed by atoms with E-state index in [1.165, 1.54) is 14.1 Å². The molecule has 0 spiro atoms. The Bertz CT molecular complexity index is 573. The molecule has 1 aromatic rings. The maximum Gasteiger partial charge on any atom is 0.279 e. The molecule has 0 bridgehead atoms. The fraction of sp³-hybridized carbons (Fsp3) is 0.364. The third-order valence-corrected chi connectivity index (χ3v) is 4.70. The number of benzene rings is 1. The lowest BCUT2D eigenvalue weighted by atomic mass is 10.2. The van der Waals surface area contributed by atoms with Gasteiger partial charge in [-0.05, 0) is 30.7 Å². The number of carbonyl (C=O) groups is 1. The summed E-state index contributed by atoms with van der Waals surface area (Å²) in [6, 6.07) is 5.34. The molecule has 8 heteroatoms. The monoisotopic (exact) mass is 349 g/mol. The number of nitrogens with one attached hydrogen (secondary N) is 2. The fourth-order valence-corrected chi connectivity index (χ4v) is 2.03. The lowest BCUT2D eigenvalue weighted by molar-refractivity contribution is -0.115. The molecule has 2 N–H and O–H groups in total. The minimum Gasteiger partial charge on any atom is -0.325 e. The molecule has 0 fully saturated rings. The van der Waals surface area contributed by atoms with Gasteiger partial charge in [-0.15, -0.1) is 0 Å². The highest BCUT2D eigenvalue weighted by Gasteiger charge is 2.14. The van der Waals surface area contributed by atoms with Crippen molar-refractivity contribution in [1.82, 2.24) is 9.03 Å². The highest BCUT2D eigenvalue weighted by molar-refractivity contribution is 9.10. The molecule has 0 atom stereocenters. The summed E-state index contributed by atoms with van der Waals surface area (Å²) in [6.07, 6.45) is 0. The van der Waals surface area contributed by atoms with Crippen molar-refractivity contribution in [2.75, 3.05) is 26.0 Å². The summed E-state index contributed by atoms with van der Waals surface area (Å²) in [7, 11) is -0.811. The van der Waals surface area contributed by atoms with E-state index in [9.17, 15) is 13.2 Å². The minimum absolute atomic E-state index is 0.310. The van der Waals surface area contributed by atoms with Gasteiger partial charge in [0.25, 0.3) is 10.2 Å². The van der Waals surface area contributed by atoms with Crippen molar-refractivity contribution in [2.45, 2.75) is 6.92 Å². The van der Waals surface area contributed by atoms with E-state index in [0.717, 1.165) is 14.3 Å². The van der Waals surface area contributed by atoms with Crippen LogP contribution in [0.4, 0.5) is 5.69 Å². The summed E-state index contributed by atoms with van der Waals surface area (Å²) in [5.41, 5.74) is 1.60. The predicted octanol–water partition coefficient (Wildman–Crippen LogP) is 1.09. The van der Waals surface area contributed by atoms with Crippen LogP contribution in [0.15, 0.2) is 22.7 Å². The SMILES string of the molecule is Cc1cc(NC(=O)CNS(=O)(=O)N(C)C)ccc1Br. The molecule has 1 aromatic carbocycles. The van der Waals surface area contributed by atoms with Crippen LogP contribution in [0.5, 0.6) is 0 Å². The molecule has 0 heterocycles. The highest BCUT2D eigenvalue weighted by Crippen LogP contribution is 2.19. The van der Waals surface area contributed by atoms with E-state index in [1.807, 2.05) is 13.0 Å². The number of rotatable bonds is 5. The lowest BCUT2D eigenvalue weighted by Crippen LogP contribution is -2.40. The van der Waals surface area contributed by atoms with Crippen LogP contribution in [0.1, 0.15) is 5.56 Å². The maximum atomic E-state index is 11.6. The number of amides is 1. The Morgan fingerprint density at radius 1 is 1.37 bits per heavy atom. The summed E-state index contributed by atoms with van der Waals surface area (Å²) >= 11 is 3.36. The van der Waals surface area contributed by atoms with Crippen molar-refractivity contribution in [2.24, 2.45) is 0 Å². The van der Waals surface area contributed by atoms with E-state index in [0.29, 0.717) is 5.69 Å². The Balaban J connectivity index is 2.59. The van der Waals surface area contributed by atoms with Gasteiger partial charge in [-0.2, -0.15) is 17.4 Å². The Labute approximate surface area is 121 Å². The number of halogens is 1. The summed E-state index contributed by atoms with van der Waals surface area (Å²) in [5, 5.41) is 2.62. The molecule has 0 saturated heterocycles. The second-order valence-corrected chi connectivity index (χ2v) is 6.94. The number of hydrogen-bond donors (Lipinski definition) is 2. The van der Waals surface area contributed by atoms with E-state index in [1.54, 1.807) is 12.1 Å². The molecule has 6 nitrogen and oxygen atoms in total. The van der Waals surface area contributed by atoms with E-state index < -0.39 is 16.1 Å². The Kier molecular flexibility index (Phi) is 5.48. The summed E-state index contributed by atoms with van der Waals surface area (Å²) in [5.74, 6) is -0.424. The number of anilines is 1. The molecule has 106 valence electrons. The average Bonchev–Trinajstić information content (AvgIpc) is 2.31. The molecule has 0 unspecified atom stereocenters. The first-order valence-corrected chi connectivity index (χ1v) is 7.69. The zero-order chi connectivity index (χ0) is 14.6. The van der Waals surface area contributed by atoms with E-state index >= 15 is 0 Å². The van der Waals surface area contributed by atoms with Crippen LogP contribution < -0.4 is 10.0 Å². The summed E-state index contributed by atoms with van der Waals surface area (Å²) < 4.78 is 27.0. The van der Waals surface area contributed by atoms with Gasteiger partial charge >= 0.3 is 0 Å². The zero-order valence-electron chi connectivity index (χ0n) is 10.9. The Hall–Kier alpha value is -0.960. The molecule has 1 amide bonds. The van der Waals surface area contributed by atoms with Crippen LogP contribution in [-0.4, -0.2) is 39.3 Å². The molecule has 0 aliphatic rings. The first-order chi connectivity index (χ1) is 8.72. The third kappa shape index (κ3) is 4.90. The molecular formula is C11H16BrN3O3S. The molecule has 1 rings (SSSR count). The molecule has 0 saturated carbocycles. The van der Waals surface area contributed by atoms with Crippen molar-refractivity contribution < 1.29 is 13.2 Å². The van der Waals surface area contributed by atoms with Crippen molar-refractivity contribution in [1.29, 1.82) is 0 Å². The van der Waals surface area contributed by atoms with Gasteiger partial charge in [-0.3, -0.25) is 4.79 Å². The Morgan fingerprint density at radius 3 is 2.53 bits per heavy atom. The number of hydrogen-bond acceptors (Lipinski definition) is 3. The first kappa shape index (κ1) is 16.1. The van der Waals surface area contributed by atoms with Gasteiger partial charge in [0.1, 0.15) is 0 Å². The minimum atomic E-state index is -3.59. The van der Waals surface area contributed by atoms with Crippen LogP contribution in [0.2, 0.25) is 0 Å². The zero-order valence-corrected chi connectivity index (χ0v) is 13.3. The van der Waals surface area contributed by atoms with Gasteiger partial charge in [0.05, 0.1) is 6.54 Å². The summed E-state index contributed by atoms with van der Waals surface area (Å²) in [6.45, 7) is 1.59. The molecule has 0 aliphatic heterocycles. The van der Waals surface area contributed by atoms with Gasteiger partial charge in [0.2, 0.25) is 5.91 Å². The van der Waals surface area contributed by atoms with Gasteiger partial charge < -0.3 is 5.32 Å². The first-order valence-electron chi connectivity index (χ1n) is 5.45. The van der Waals surface area contributed by atoms with E-state index in [-0.39, 0.29) is 6.54 Å².